The van der Waals surface area contributed by atoms with Crippen LogP contribution in [0.15, 0.2) is 83.7 Å². The number of nitrogens with one attached hydrogen (secondary N) is 2. The molecule has 0 saturated carbocycles. The van der Waals surface area contributed by atoms with E-state index in [2.05, 4.69) is 15.3 Å². The zero-order valence-corrected chi connectivity index (χ0v) is 17.5. The Hall–Kier alpha value is -3.64. The summed E-state index contributed by atoms with van der Waals surface area (Å²) < 4.78 is 0. The summed E-state index contributed by atoms with van der Waals surface area (Å²) in [5.74, 6) is 0.433. The first-order valence-corrected chi connectivity index (χ1v) is 10.3. The van der Waals surface area contributed by atoms with Crippen molar-refractivity contribution in [2.75, 3.05) is 11.9 Å². The lowest BCUT2D eigenvalue weighted by Gasteiger charge is -2.23. The lowest BCUT2D eigenvalue weighted by atomic mass is 10.1. The van der Waals surface area contributed by atoms with E-state index in [4.69, 9.17) is 11.6 Å². The smallest absolute Gasteiger partial charge is 0.317 e. The quantitative estimate of drug-likeness (QED) is 0.457. The number of hydrogen-bond acceptors (Lipinski definition) is 3. The Balaban J connectivity index is 1.57. The zero-order valence-electron chi connectivity index (χ0n) is 16.7. The summed E-state index contributed by atoms with van der Waals surface area (Å²) >= 11 is 5.97. The molecule has 0 unspecified atom stereocenters. The van der Waals surface area contributed by atoms with Crippen LogP contribution in [0, 0.1) is 0 Å². The standard InChI is InChI=1S/C24H21ClN4O2/c25-18-12-10-17(11-13-18)14-15-29(24(31)26-19-6-2-1-3-7-19)16-22-27-21-9-5-4-8-20(21)23(30)28-22/h1-13H,14-16H2,(H,26,31)(H,27,28,30). The van der Waals surface area contributed by atoms with Gasteiger partial charge in [0.25, 0.3) is 5.56 Å². The Morgan fingerprint density at radius 1 is 0.968 bits per heavy atom. The highest BCUT2D eigenvalue weighted by atomic mass is 35.5. The van der Waals surface area contributed by atoms with E-state index in [1.165, 1.54) is 0 Å². The van der Waals surface area contributed by atoms with Crippen LogP contribution in [-0.2, 0) is 13.0 Å². The molecule has 2 N–H and O–H groups in total. The molecular weight excluding hydrogens is 412 g/mol. The predicted octanol–water partition coefficient (Wildman–Crippen LogP) is 4.85. The van der Waals surface area contributed by atoms with Crippen molar-refractivity contribution >= 4 is 34.2 Å². The van der Waals surface area contributed by atoms with Gasteiger partial charge in [0.15, 0.2) is 0 Å². The highest BCUT2D eigenvalue weighted by Gasteiger charge is 2.16. The minimum Gasteiger partial charge on any atom is -0.317 e. The summed E-state index contributed by atoms with van der Waals surface area (Å²) in [5, 5.41) is 4.09. The number of carbonyl (C=O) groups is 1. The summed E-state index contributed by atoms with van der Waals surface area (Å²) in [6.45, 7) is 0.614. The van der Waals surface area contributed by atoms with Gasteiger partial charge in [-0.2, -0.15) is 0 Å². The number of nitrogens with zero attached hydrogens (tertiary/aromatic N) is 2. The molecule has 0 spiro atoms. The molecular formula is C24H21ClN4O2. The summed E-state index contributed by atoms with van der Waals surface area (Å²) in [5.41, 5.74) is 2.13. The molecule has 156 valence electrons. The summed E-state index contributed by atoms with van der Waals surface area (Å²) in [7, 11) is 0. The van der Waals surface area contributed by atoms with Gasteiger partial charge in [-0.05, 0) is 48.4 Å². The van der Waals surface area contributed by atoms with E-state index in [0.717, 1.165) is 5.56 Å². The molecule has 4 aromatic rings. The molecule has 6 nitrogen and oxygen atoms in total. The first-order chi connectivity index (χ1) is 15.1. The van der Waals surface area contributed by atoms with E-state index in [1.807, 2.05) is 60.7 Å². The number of amides is 2. The van der Waals surface area contributed by atoms with Gasteiger partial charge >= 0.3 is 6.03 Å². The Morgan fingerprint density at radius 3 is 2.45 bits per heavy atom. The minimum absolute atomic E-state index is 0.173. The maximum atomic E-state index is 13.0. The number of para-hydroxylation sites is 2. The van der Waals surface area contributed by atoms with Crippen molar-refractivity contribution in [3.05, 3.63) is 106 Å². The molecule has 0 bridgehead atoms. The molecule has 31 heavy (non-hydrogen) atoms. The van der Waals surface area contributed by atoms with E-state index in [-0.39, 0.29) is 18.1 Å². The number of hydrogen-bond donors (Lipinski definition) is 2. The van der Waals surface area contributed by atoms with Gasteiger partial charge in [-0.25, -0.2) is 9.78 Å². The average molecular weight is 433 g/mol. The van der Waals surface area contributed by atoms with E-state index >= 15 is 0 Å². The first kappa shape index (κ1) is 20.6. The monoisotopic (exact) mass is 432 g/mol. The van der Waals surface area contributed by atoms with Gasteiger partial charge in [-0.1, -0.05) is 54.1 Å². The normalized spacial score (nSPS) is 10.7. The fraction of sp³-hybridized carbons (Fsp3) is 0.125. The van der Waals surface area contributed by atoms with Crippen LogP contribution in [0.25, 0.3) is 10.9 Å². The number of aromatic nitrogens is 2. The molecule has 0 atom stereocenters. The molecule has 3 aromatic carbocycles. The van der Waals surface area contributed by atoms with Crippen molar-refractivity contribution in [2.45, 2.75) is 13.0 Å². The van der Waals surface area contributed by atoms with Crippen molar-refractivity contribution < 1.29 is 4.79 Å². The lowest BCUT2D eigenvalue weighted by Crippen LogP contribution is -2.37. The molecule has 7 heteroatoms. The fourth-order valence-corrected chi connectivity index (χ4v) is 3.41. The summed E-state index contributed by atoms with van der Waals surface area (Å²) in [6.07, 6.45) is 0.636. The third kappa shape index (κ3) is 5.29. The van der Waals surface area contributed by atoms with Crippen molar-refractivity contribution in [2.24, 2.45) is 0 Å². The van der Waals surface area contributed by atoms with Crippen LogP contribution < -0.4 is 10.9 Å². The van der Waals surface area contributed by atoms with Gasteiger partial charge < -0.3 is 15.2 Å². The van der Waals surface area contributed by atoms with Gasteiger partial charge in [0.1, 0.15) is 5.82 Å². The number of urea groups is 1. The Kier molecular flexibility index (Phi) is 6.29. The lowest BCUT2D eigenvalue weighted by molar-refractivity contribution is 0.208. The molecule has 2 amide bonds. The van der Waals surface area contributed by atoms with E-state index in [9.17, 15) is 9.59 Å². The Bertz CT molecular complexity index is 1240. The Morgan fingerprint density at radius 2 is 1.68 bits per heavy atom. The van der Waals surface area contributed by atoms with Crippen LogP contribution in [0.4, 0.5) is 10.5 Å². The molecule has 0 aliphatic heterocycles. The number of halogens is 1. The van der Waals surface area contributed by atoms with Crippen molar-refractivity contribution in [1.82, 2.24) is 14.9 Å². The molecule has 4 rings (SSSR count). The number of fused-ring (bicyclic) bond motifs is 1. The van der Waals surface area contributed by atoms with Gasteiger partial charge in [0, 0.05) is 17.3 Å². The van der Waals surface area contributed by atoms with Gasteiger partial charge in [0.05, 0.1) is 17.4 Å². The molecule has 0 saturated heterocycles. The maximum Gasteiger partial charge on any atom is 0.322 e. The maximum absolute atomic E-state index is 13.0. The number of rotatable bonds is 6. The Labute approximate surface area is 184 Å². The average Bonchev–Trinajstić information content (AvgIpc) is 2.78. The number of carbonyl (C=O) groups excluding carboxylic acids is 1. The van der Waals surface area contributed by atoms with Gasteiger partial charge in [-0.3, -0.25) is 4.79 Å². The summed E-state index contributed by atoms with van der Waals surface area (Å²) in [6, 6.07) is 23.7. The molecule has 0 radical (unpaired) electrons. The second-order valence-electron chi connectivity index (χ2n) is 7.12. The topological polar surface area (TPSA) is 78.1 Å². The van der Waals surface area contributed by atoms with Gasteiger partial charge in [0.2, 0.25) is 0 Å². The van der Waals surface area contributed by atoms with Crippen LogP contribution in [0.3, 0.4) is 0 Å². The first-order valence-electron chi connectivity index (χ1n) is 9.92. The number of aromatic amines is 1. The summed E-state index contributed by atoms with van der Waals surface area (Å²) in [4.78, 5) is 34.4. The van der Waals surface area contributed by atoms with Crippen LogP contribution in [0.1, 0.15) is 11.4 Å². The highest BCUT2D eigenvalue weighted by Crippen LogP contribution is 2.13. The zero-order chi connectivity index (χ0) is 21.6. The molecule has 0 aliphatic rings. The third-order valence-electron chi connectivity index (χ3n) is 4.90. The highest BCUT2D eigenvalue weighted by molar-refractivity contribution is 6.30. The largest absolute Gasteiger partial charge is 0.322 e. The van der Waals surface area contributed by atoms with E-state index in [0.29, 0.717) is 40.4 Å². The van der Waals surface area contributed by atoms with Crippen molar-refractivity contribution in [3.63, 3.8) is 0 Å². The fourth-order valence-electron chi connectivity index (χ4n) is 3.28. The van der Waals surface area contributed by atoms with E-state index in [1.54, 1.807) is 23.1 Å². The molecule has 1 aromatic heterocycles. The number of H-pyrrole nitrogens is 1. The van der Waals surface area contributed by atoms with Crippen LogP contribution in [0.2, 0.25) is 5.02 Å². The van der Waals surface area contributed by atoms with Crippen molar-refractivity contribution in [1.29, 1.82) is 0 Å². The number of benzene rings is 3. The molecule has 1 heterocycles. The van der Waals surface area contributed by atoms with Crippen LogP contribution in [-0.4, -0.2) is 27.4 Å². The van der Waals surface area contributed by atoms with Gasteiger partial charge in [-0.15, -0.1) is 0 Å². The SMILES string of the molecule is O=C(Nc1ccccc1)N(CCc1ccc(Cl)cc1)Cc1nc2ccccc2c(=O)[nH]1. The number of anilines is 1. The second kappa shape index (κ2) is 9.45. The molecule has 0 aliphatic carbocycles. The predicted molar refractivity (Wildman–Crippen MR) is 123 cm³/mol. The minimum atomic E-state index is -0.268. The third-order valence-corrected chi connectivity index (χ3v) is 5.15. The van der Waals surface area contributed by atoms with Crippen LogP contribution in [0.5, 0.6) is 0 Å². The molecule has 0 fully saturated rings. The van der Waals surface area contributed by atoms with E-state index < -0.39 is 0 Å². The van der Waals surface area contributed by atoms with Crippen molar-refractivity contribution in [3.8, 4) is 0 Å². The van der Waals surface area contributed by atoms with Crippen LogP contribution >= 0.6 is 11.6 Å². The second-order valence-corrected chi connectivity index (χ2v) is 7.56.